The number of hydrogen-bond donors (Lipinski definition) is 1. The highest BCUT2D eigenvalue weighted by molar-refractivity contribution is 5.22. The van der Waals surface area contributed by atoms with Crippen molar-refractivity contribution < 1.29 is 4.39 Å². The molecule has 0 radical (unpaired) electrons. The molecule has 2 heteroatoms. The molecule has 0 spiro atoms. The maximum absolute atomic E-state index is 12.7. The molecule has 0 aliphatic heterocycles. The van der Waals surface area contributed by atoms with Crippen LogP contribution in [0.2, 0.25) is 0 Å². The first-order valence-corrected chi connectivity index (χ1v) is 5.28. The lowest BCUT2D eigenvalue weighted by Gasteiger charge is -2.28. The Morgan fingerprint density at radius 3 is 2.36 bits per heavy atom. The van der Waals surface area contributed by atoms with Crippen LogP contribution in [-0.2, 0) is 0 Å². The number of rotatable bonds is 1. The van der Waals surface area contributed by atoms with Gasteiger partial charge in [-0.15, -0.1) is 0 Å². The van der Waals surface area contributed by atoms with E-state index in [9.17, 15) is 4.39 Å². The molecule has 0 unspecified atom stereocenters. The predicted molar refractivity (Wildman–Crippen MR) is 55.6 cm³/mol. The molecule has 2 rings (SSSR count). The highest BCUT2D eigenvalue weighted by Crippen LogP contribution is 2.31. The summed E-state index contributed by atoms with van der Waals surface area (Å²) in [7, 11) is 0. The normalized spacial score (nSPS) is 27.6. The molecule has 0 bridgehead atoms. The minimum absolute atomic E-state index is 0.168. The van der Waals surface area contributed by atoms with Crippen LogP contribution >= 0.6 is 0 Å². The topological polar surface area (TPSA) is 26.0 Å². The van der Waals surface area contributed by atoms with E-state index in [2.05, 4.69) is 0 Å². The van der Waals surface area contributed by atoms with Gasteiger partial charge in [0.25, 0.3) is 0 Å². The fraction of sp³-hybridized carbons (Fsp3) is 0.500. The minimum atomic E-state index is -0.168. The Hall–Kier alpha value is -0.890. The van der Waals surface area contributed by atoms with E-state index in [0.29, 0.717) is 5.92 Å². The van der Waals surface area contributed by atoms with E-state index in [1.807, 2.05) is 12.1 Å². The summed E-state index contributed by atoms with van der Waals surface area (Å²) in [6.45, 7) is 0. The van der Waals surface area contributed by atoms with Gasteiger partial charge >= 0.3 is 0 Å². The second kappa shape index (κ2) is 4.09. The molecule has 1 nitrogen and oxygen atoms in total. The van der Waals surface area contributed by atoms with Gasteiger partial charge in [0.1, 0.15) is 5.82 Å². The maximum atomic E-state index is 12.7. The van der Waals surface area contributed by atoms with Crippen molar-refractivity contribution in [2.45, 2.75) is 37.6 Å². The van der Waals surface area contributed by atoms with Crippen molar-refractivity contribution in [1.29, 1.82) is 0 Å². The average molecular weight is 193 g/mol. The lowest BCUT2D eigenvalue weighted by molar-refractivity contribution is 0.385. The summed E-state index contributed by atoms with van der Waals surface area (Å²) in [4.78, 5) is 0. The summed E-state index contributed by atoms with van der Waals surface area (Å²) in [6, 6.07) is 7.04. The Balaban J connectivity index is 2.16. The highest BCUT2D eigenvalue weighted by atomic mass is 19.1. The third kappa shape index (κ3) is 1.95. The van der Waals surface area contributed by atoms with Gasteiger partial charge in [-0.1, -0.05) is 25.0 Å². The molecule has 0 saturated heterocycles. The third-order valence-electron chi connectivity index (χ3n) is 3.12. The molecule has 0 aromatic heterocycles. The molecule has 1 aliphatic carbocycles. The average Bonchev–Trinajstić information content (AvgIpc) is 2.20. The largest absolute Gasteiger partial charge is 0.327 e. The first-order valence-electron chi connectivity index (χ1n) is 5.28. The van der Waals surface area contributed by atoms with Crippen LogP contribution in [-0.4, -0.2) is 6.04 Å². The number of hydrogen-bond acceptors (Lipinski definition) is 1. The Bertz CT molecular complexity index is 294. The number of nitrogens with two attached hydrogens (primary N) is 1. The summed E-state index contributed by atoms with van der Waals surface area (Å²) >= 11 is 0. The van der Waals surface area contributed by atoms with Crippen LogP contribution in [0.5, 0.6) is 0 Å². The lowest BCUT2D eigenvalue weighted by Crippen LogP contribution is -2.31. The molecular formula is C12H16FN. The Morgan fingerprint density at radius 2 is 1.71 bits per heavy atom. The van der Waals surface area contributed by atoms with Gasteiger partial charge in [-0.05, 0) is 36.5 Å². The standard InChI is InChI=1S/C12H16FN/c13-10-7-5-9(6-8-10)11-3-1-2-4-12(11)14/h5-8,11-12H,1-4,14H2/t11-,12-/m1/s1. The zero-order valence-corrected chi connectivity index (χ0v) is 8.25. The summed E-state index contributed by atoms with van der Waals surface area (Å²) in [6.07, 6.45) is 4.73. The van der Waals surface area contributed by atoms with Gasteiger partial charge < -0.3 is 5.73 Å². The van der Waals surface area contributed by atoms with Crippen molar-refractivity contribution in [2.75, 3.05) is 0 Å². The van der Waals surface area contributed by atoms with Crippen molar-refractivity contribution in [3.05, 3.63) is 35.6 Å². The van der Waals surface area contributed by atoms with E-state index < -0.39 is 0 Å². The van der Waals surface area contributed by atoms with Crippen molar-refractivity contribution in [2.24, 2.45) is 5.73 Å². The molecule has 1 saturated carbocycles. The SMILES string of the molecule is N[C@@H]1CCCC[C@@H]1c1ccc(F)cc1. The van der Waals surface area contributed by atoms with Gasteiger partial charge in [-0.2, -0.15) is 0 Å². The third-order valence-corrected chi connectivity index (χ3v) is 3.12. The summed E-state index contributed by atoms with van der Waals surface area (Å²) in [5, 5.41) is 0. The monoisotopic (exact) mass is 193 g/mol. The van der Waals surface area contributed by atoms with Crippen LogP contribution in [0.1, 0.15) is 37.2 Å². The van der Waals surface area contributed by atoms with Gasteiger partial charge in [0.15, 0.2) is 0 Å². The maximum Gasteiger partial charge on any atom is 0.123 e. The van der Waals surface area contributed by atoms with Gasteiger partial charge in [0.05, 0.1) is 0 Å². The predicted octanol–water partition coefficient (Wildman–Crippen LogP) is 2.81. The first-order chi connectivity index (χ1) is 6.77. The van der Waals surface area contributed by atoms with E-state index in [1.54, 1.807) is 0 Å². The molecule has 76 valence electrons. The van der Waals surface area contributed by atoms with E-state index in [0.717, 1.165) is 12.8 Å². The van der Waals surface area contributed by atoms with Gasteiger partial charge in [0, 0.05) is 6.04 Å². The Morgan fingerprint density at radius 1 is 1.07 bits per heavy atom. The van der Waals surface area contributed by atoms with Crippen LogP contribution in [0, 0.1) is 5.82 Å². The van der Waals surface area contributed by atoms with Crippen molar-refractivity contribution >= 4 is 0 Å². The van der Waals surface area contributed by atoms with Crippen molar-refractivity contribution in [1.82, 2.24) is 0 Å². The molecule has 1 aromatic carbocycles. The quantitative estimate of drug-likeness (QED) is 0.729. The second-order valence-corrected chi connectivity index (χ2v) is 4.11. The second-order valence-electron chi connectivity index (χ2n) is 4.11. The van der Waals surface area contributed by atoms with Gasteiger partial charge in [-0.3, -0.25) is 0 Å². The number of benzene rings is 1. The summed E-state index contributed by atoms with van der Waals surface area (Å²) < 4.78 is 12.7. The minimum Gasteiger partial charge on any atom is -0.327 e. The van der Waals surface area contributed by atoms with E-state index in [1.165, 1.54) is 30.5 Å². The molecule has 2 atom stereocenters. The zero-order chi connectivity index (χ0) is 9.97. The fourth-order valence-electron chi connectivity index (χ4n) is 2.28. The van der Waals surface area contributed by atoms with Crippen molar-refractivity contribution in [3.63, 3.8) is 0 Å². The number of halogens is 1. The van der Waals surface area contributed by atoms with Crippen LogP contribution in [0.3, 0.4) is 0 Å². The van der Waals surface area contributed by atoms with Crippen LogP contribution in [0.25, 0.3) is 0 Å². The molecule has 1 aliphatic rings. The van der Waals surface area contributed by atoms with Crippen LogP contribution in [0.15, 0.2) is 24.3 Å². The Kier molecular flexibility index (Phi) is 2.82. The molecular weight excluding hydrogens is 177 g/mol. The molecule has 0 amide bonds. The molecule has 1 fully saturated rings. The smallest absolute Gasteiger partial charge is 0.123 e. The Labute approximate surface area is 84.1 Å². The van der Waals surface area contributed by atoms with Crippen molar-refractivity contribution in [3.8, 4) is 0 Å². The first kappa shape index (κ1) is 9.66. The van der Waals surface area contributed by atoms with Gasteiger partial charge in [0.2, 0.25) is 0 Å². The zero-order valence-electron chi connectivity index (χ0n) is 8.25. The molecule has 14 heavy (non-hydrogen) atoms. The molecule has 2 N–H and O–H groups in total. The van der Waals surface area contributed by atoms with E-state index in [-0.39, 0.29) is 11.9 Å². The van der Waals surface area contributed by atoms with E-state index in [4.69, 9.17) is 5.73 Å². The summed E-state index contributed by atoms with van der Waals surface area (Å²) in [5.74, 6) is 0.266. The van der Waals surface area contributed by atoms with Gasteiger partial charge in [-0.25, -0.2) is 4.39 Å². The fourth-order valence-corrected chi connectivity index (χ4v) is 2.28. The molecule has 1 aromatic rings. The van der Waals surface area contributed by atoms with E-state index >= 15 is 0 Å². The van der Waals surface area contributed by atoms with Crippen LogP contribution in [0.4, 0.5) is 4.39 Å². The summed E-state index contributed by atoms with van der Waals surface area (Å²) in [5.41, 5.74) is 7.25. The lowest BCUT2D eigenvalue weighted by atomic mass is 9.80. The molecule has 0 heterocycles. The highest BCUT2D eigenvalue weighted by Gasteiger charge is 2.22. The van der Waals surface area contributed by atoms with Crippen LogP contribution < -0.4 is 5.73 Å².